The summed E-state index contributed by atoms with van der Waals surface area (Å²) in [5, 5.41) is 14.0. The van der Waals surface area contributed by atoms with Crippen molar-refractivity contribution < 1.29 is 14.6 Å². The summed E-state index contributed by atoms with van der Waals surface area (Å²) in [6.45, 7) is 2.34. The van der Waals surface area contributed by atoms with E-state index in [-0.39, 0.29) is 17.4 Å². The summed E-state index contributed by atoms with van der Waals surface area (Å²) in [4.78, 5) is 25.6. The Bertz CT molecular complexity index is 1100. The van der Waals surface area contributed by atoms with Gasteiger partial charge in [-0.2, -0.15) is 0 Å². The lowest BCUT2D eigenvalue weighted by atomic mass is 10.1. The average molecular weight is 364 g/mol. The Hall–Kier alpha value is -3.28. The van der Waals surface area contributed by atoms with Gasteiger partial charge >= 0.3 is 0 Å². The van der Waals surface area contributed by atoms with Gasteiger partial charge in [0.25, 0.3) is 11.5 Å². The molecule has 2 N–H and O–H groups in total. The Morgan fingerprint density at radius 3 is 2.67 bits per heavy atom. The van der Waals surface area contributed by atoms with E-state index >= 15 is 0 Å². The number of carbonyl (C=O) groups is 1. The summed E-state index contributed by atoms with van der Waals surface area (Å²) in [5.74, 6) is -0.111. The van der Waals surface area contributed by atoms with Gasteiger partial charge < -0.3 is 19.7 Å². The molecule has 0 aliphatic carbocycles. The maximum Gasteiger partial charge on any atom is 0.267 e. The van der Waals surface area contributed by atoms with Crippen molar-refractivity contribution in [3.8, 4) is 11.5 Å². The van der Waals surface area contributed by atoms with E-state index in [0.717, 1.165) is 28.8 Å². The molecule has 0 fully saturated rings. The highest BCUT2D eigenvalue weighted by Crippen LogP contribution is 2.32. The molecule has 1 unspecified atom stereocenters. The number of nitrogens with zero attached hydrogens (tertiary/aromatic N) is 1. The number of aromatic nitrogens is 1. The first-order chi connectivity index (χ1) is 13.0. The van der Waals surface area contributed by atoms with Crippen LogP contribution in [0, 0.1) is 0 Å². The highest BCUT2D eigenvalue weighted by Gasteiger charge is 2.26. The number of carbonyl (C=O) groups excluding carboxylic acids is 1. The smallest absolute Gasteiger partial charge is 0.267 e. The summed E-state index contributed by atoms with van der Waals surface area (Å²) >= 11 is 0. The van der Waals surface area contributed by atoms with Gasteiger partial charge in [0, 0.05) is 11.9 Å². The Kier molecular flexibility index (Phi) is 4.11. The number of hydrogen-bond donors (Lipinski definition) is 2. The number of para-hydroxylation sites is 1. The van der Waals surface area contributed by atoms with Crippen molar-refractivity contribution in [3.05, 3.63) is 69.5 Å². The highest BCUT2D eigenvalue weighted by atomic mass is 16.5. The maximum absolute atomic E-state index is 12.8. The SMILES string of the molecule is COc1ccc(C(C)NC(=O)c2c(O)c3cccc4c3n(c2=O)CC4)cc1. The van der Waals surface area contributed by atoms with Gasteiger partial charge in [0.05, 0.1) is 18.7 Å². The lowest BCUT2D eigenvalue weighted by Gasteiger charge is -2.16. The van der Waals surface area contributed by atoms with Crippen molar-refractivity contribution in [2.24, 2.45) is 0 Å². The van der Waals surface area contributed by atoms with Crippen LogP contribution in [0.4, 0.5) is 0 Å². The van der Waals surface area contributed by atoms with Crippen LogP contribution in [0.1, 0.15) is 34.5 Å². The fraction of sp³-hybridized carbons (Fsp3) is 0.238. The molecule has 0 bridgehead atoms. The maximum atomic E-state index is 12.8. The second-order valence-electron chi connectivity index (χ2n) is 6.71. The Balaban J connectivity index is 1.70. The molecule has 138 valence electrons. The monoisotopic (exact) mass is 364 g/mol. The van der Waals surface area contributed by atoms with Crippen LogP contribution >= 0.6 is 0 Å². The summed E-state index contributed by atoms with van der Waals surface area (Å²) in [6.07, 6.45) is 0.722. The van der Waals surface area contributed by atoms with Gasteiger partial charge in [0.1, 0.15) is 17.1 Å². The molecule has 1 amide bonds. The number of aryl methyl sites for hydroxylation is 2. The van der Waals surface area contributed by atoms with Gasteiger partial charge in [-0.25, -0.2) is 0 Å². The number of pyridine rings is 1. The molecule has 0 radical (unpaired) electrons. The fourth-order valence-corrected chi connectivity index (χ4v) is 3.67. The molecule has 2 heterocycles. The van der Waals surface area contributed by atoms with Crippen LogP contribution in [0.5, 0.6) is 11.5 Å². The van der Waals surface area contributed by atoms with Crippen molar-refractivity contribution in [1.29, 1.82) is 0 Å². The molecule has 6 nitrogen and oxygen atoms in total. The first-order valence-electron chi connectivity index (χ1n) is 8.83. The standard InChI is InChI=1S/C21H20N2O4/c1-12(13-6-8-15(27-2)9-7-13)22-20(25)17-19(24)16-5-3-4-14-10-11-23(18(14)16)21(17)26/h3-9,12,24H,10-11H2,1-2H3,(H,22,25). The van der Waals surface area contributed by atoms with Gasteiger partial charge in [-0.05, 0) is 42.7 Å². The molecular formula is C21H20N2O4. The van der Waals surface area contributed by atoms with Crippen molar-refractivity contribution in [1.82, 2.24) is 9.88 Å². The summed E-state index contributed by atoms with van der Waals surface area (Å²) in [6, 6.07) is 12.5. The van der Waals surface area contributed by atoms with Gasteiger partial charge in [-0.1, -0.05) is 24.3 Å². The van der Waals surface area contributed by atoms with Crippen molar-refractivity contribution in [2.75, 3.05) is 7.11 Å². The number of nitrogens with one attached hydrogen (secondary N) is 1. The molecule has 1 aromatic heterocycles. The lowest BCUT2D eigenvalue weighted by Crippen LogP contribution is -2.34. The third-order valence-corrected chi connectivity index (χ3v) is 5.14. The lowest BCUT2D eigenvalue weighted by molar-refractivity contribution is 0.0935. The van der Waals surface area contributed by atoms with Crippen molar-refractivity contribution in [3.63, 3.8) is 0 Å². The van der Waals surface area contributed by atoms with E-state index in [0.29, 0.717) is 11.9 Å². The molecule has 27 heavy (non-hydrogen) atoms. The number of methoxy groups -OCH3 is 1. The Morgan fingerprint density at radius 1 is 1.22 bits per heavy atom. The number of hydrogen-bond acceptors (Lipinski definition) is 4. The van der Waals surface area contributed by atoms with Crippen LogP contribution in [0.25, 0.3) is 10.9 Å². The zero-order valence-electron chi connectivity index (χ0n) is 15.2. The largest absolute Gasteiger partial charge is 0.506 e. The second-order valence-corrected chi connectivity index (χ2v) is 6.71. The Labute approximate surface area is 156 Å². The van der Waals surface area contributed by atoms with Crippen molar-refractivity contribution >= 4 is 16.8 Å². The molecule has 4 rings (SSSR count). The average Bonchev–Trinajstić information content (AvgIpc) is 3.11. The van der Waals surface area contributed by atoms with Crippen LogP contribution in [0.15, 0.2) is 47.3 Å². The number of aromatic hydroxyl groups is 1. The number of benzene rings is 2. The summed E-state index contributed by atoms with van der Waals surface area (Å²) in [7, 11) is 1.59. The molecule has 1 aliphatic heterocycles. The summed E-state index contributed by atoms with van der Waals surface area (Å²) in [5.41, 5.74) is 1.95. The fourth-order valence-electron chi connectivity index (χ4n) is 3.67. The minimum absolute atomic E-state index is 0.207. The van der Waals surface area contributed by atoms with Crippen LogP contribution < -0.4 is 15.6 Å². The van der Waals surface area contributed by atoms with Crippen LogP contribution in [0.3, 0.4) is 0 Å². The quantitative estimate of drug-likeness (QED) is 0.746. The van der Waals surface area contributed by atoms with Crippen LogP contribution in [0.2, 0.25) is 0 Å². The van der Waals surface area contributed by atoms with E-state index in [2.05, 4.69) is 5.32 Å². The summed E-state index contributed by atoms with van der Waals surface area (Å²) < 4.78 is 6.72. The normalized spacial score (nSPS) is 13.6. The van der Waals surface area contributed by atoms with E-state index in [1.54, 1.807) is 17.7 Å². The first-order valence-corrected chi connectivity index (χ1v) is 8.83. The van der Waals surface area contributed by atoms with Gasteiger partial charge in [0.15, 0.2) is 0 Å². The molecule has 0 saturated heterocycles. The van der Waals surface area contributed by atoms with E-state index in [1.165, 1.54) is 0 Å². The molecule has 1 aliphatic rings. The third-order valence-electron chi connectivity index (χ3n) is 5.14. The van der Waals surface area contributed by atoms with Crippen LogP contribution in [-0.4, -0.2) is 22.7 Å². The molecule has 2 aromatic carbocycles. The van der Waals surface area contributed by atoms with Gasteiger partial charge in [-0.15, -0.1) is 0 Å². The van der Waals surface area contributed by atoms with Gasteiger partial charge in [-0.3, -0.25) is 9.59 Å². The molecule has 3 aromatic rings. The third kappa shape index (κ3) is 2.73. The molecule has 1 atom stereocenters. The zero-order valence-corrected chi connectivity index (χ0v) is 15.2. The number of ether oxygens (including phenoxy) is 1. The van der Waals surface area contributed by atoms with E-state index < -0.39 is 11.5 Å². The molecule has 0 spiro atoms. The van der Waals surface area contributed by atoms with E-state index in [1.807, 2.05) is 43.3 Å². The molecule has 0 saturated carbocycles. The van der Waals surface area contributed by atoms with Crippen molar-refractivity contribution in [2.45, 2.75) is 25.9 Å². The second kappa shape index (κ2) is 6.46. The first kappa shape index (κ1) is 17.1. The minimum Gasteiger partial charge on any atom is -0.506 e. The topological polar surface area (TPSA) is 80.6 Å². The molecular weight excluding hydrogens is 344 g/mol. The minimum atomic E-state index is -0.580. The van der Waals surface area contributed by atoms with E-state index in [9.17, 15) is 14.7 Å². The predicted molar refractivity (Wildman–Crippen MR) is 102 cm³/mol. The highest BCUT2D eigenvalue weighted by molar-refractivity contribution is 6.03. The van der Waals surface area contributed by atoms with Crippen LogP contribution in [-0.2, 0) is 13.0 Å². The number of rotatable bonds is 4. The Morgan fingerprint density at radius 2 is 1.96 bits per heavy atom. The number of amides is 1. The zero-order chi connectivity index (χ0) is 19.1. The molecule has 6 heteroatoms. The van der Waals surface area contributed by atoms with Gasteiger partial charge in [0.2, 0.25) is 0 Å². The predicted octanol–water partition coefficient (Wildman–Crippen LogP) is 2.76. The van der Waals surface area contributed by atoms with E-state index in [4.69, 9.17) is 4.74 Å².